The van der Waals surface area contributed by atoms with Crippen LogP contribution in [0.15, 0.2) is 35.5 Å². The average molecular weight is 401 g/mol. The zero-order valence-corrected chi connectivity index (χ0v) is 19.3. The number of hydrogen-bond acceptors (Lipinski definition) is 2. The van der Waals surface area contributed by atoms with Crippen molar-refractivity contribution in [1.82, 2.24) is 0 Å². The molecule has 3 fully saturated rings. The molecule has 0 aromatic rings. The molecule has 2 heteroatoms. The fraction of sp³-hybridized carbons (Fsp3) is 0.778. The van der Waals surface area contributed by atoms with E-state index < -0.39 is 12.2 Å². The van der Waals surface area contributed by atoms with Crippen LogP contribution in [0.25, 0.3) is 0 Å². The van der Waals surface area contributed by atoms with Crippen LogP contribution < -0.4 is 0 Å². The predicted octanol–water partition coefficient (Wildman–Crippen LogP) is 6.59. The minimum absolute atomic E-state index is 0.420. The first-order chi connectivity index (χ1) is 13.7. The molecule has 0 bridgehead atoms. The second-order valence-corrected chi connectivity index (χ2v) is 11.0. The zero-order valence-electron chi connectivity index (χ0n) is 19.3. The SMILES string of the molecule is C=C1/C(=C/C=C2/CCCC3(C)C2CCC3C(C)CCCC(C)C)CC(O)CC1O. The Morgan fingerprint density at radius 3 is 2.62 bits per heavy atom. The van der Waals surface area contributed by atoms with Crippen molar-refractivity contribution in [2.24, 2.45) is 29.1 Å². The van der Waals surface area contributed by atoms with Crippen LogP contribution in [-0.4, -0.2) is 22.4 Å². The van der Waals surface area contributed by atoms with Gasteiger partial charge in [-0.15, -0.1) is 0 Å². The van der Waals surface area contributed by atoms with Crippen molar-refractivity contribution in [2.75, 3.05) is 0 Å². The monoisotopic (exact) mass is 400 g/mol. The van der Waals surface area contributed by atoms with Crippen molar-refractivity contribution in [3.8, 4) is 0 Å². The van der Waals surface area contributed by atoms with Crippen LogP contribution in [0, 0.1) is 29.1 Å². The summed E-state index contributed by atoms with van der Waals surface area (Å²) in [6.45, 7) is 13.8. The van der Waals surface area contributed by atoms with Gasteiger partial charge in [-0.25, -0.2) is 0 Å². The molecule has 6 unspecified atom stereocenters. The Balaban J connectivity index is 1.71. The Bertz CT molecular complexity index is 643. The maximum Gasteiger partial charge on any atom is 0.0811 e. The number of rotatable bonds is 6. The summed E-state index contributed by atoms with van der Waals surface area (Å²) in [6, 6.07) is 0. The Labute approximate surface area is 179 Å². The molecule has 2 nitrogen and oxygen atoms in total. The standard InChI is InChI=1S/C27H44O2/c1-18(2)8-6-9-19(3)24-13-14-25-21(10-7-15-27(24,25)5)11-12-22-16-23(28)17-26(29)20(22)4/h11-12,18-19,23-26,28-29H,4,6-10,13-17H2,1-3,5H3/b21-11-,22-12+. The van der Waals surface area contributed by atoms with E-state index in [9.17, 15) is 10.2 Å². The molecule has 29 heavy (non-hydrogen) atoms. The molecule has 3 aliphatic carbocycles. The summed E-state index contributed by atoms with van der Waals surface area (Å²) in [5.41, 5.74) is 3.88. The van der Waals surface area contributed by atoms with Crippen LogP contribution in [-0.2, 0) is 0 Å². The van der Waals surface area contributed by atoms with Crippen LogP contribution in [0.3, 0.4) is 0 Å². The van der Waals surface area contributed by atoms with Gasteiger partial charge in [0.2, 0.25) is 0 Å². The van der Waals surface area contributed by atoms with E-state index in [1.54, 1.807) is 5.57 Å². The molecule has 2 N–H and O–H groups in total. The number of allylic oxidation sites excluding steroid dienone is 3. The third kappa shape index (κ3) is 5.07. The second kappa shape index (κ2) is 9.52. The summed E-state index contributed by atoms with van der Waals surface area (Å²) in [5, 5.41) is 20.2. The highest BCUT2D eigenvalue weighted by Gasteiger charge is 2.50. The Hall–Kier alpha value is -0.860. The highest BCUT2D eigenvalue weighted by Crippen LogP contribution is 2.59. The smallest absolute Gasteiger partial charge is 0.0811 e. The van der Waals surface area contributed by atoms with Gasteiger partial charge in [0.05, 0.1) is 12.2 Å². The quantitative estimate of drug-likeness (QED) is 0.528. The van der Waals surface area contributed by atoms with Crippen molar-refractivity contribution in [3.05, 3.63) is 35.5 Å². The first kappa shape index (κ1) is 22.8. The van der Waals surface area contributed by atoms with Crippen molar-refractivity contribution >= 4 is 0 Å². The molecule has 0 aromatic heterocycles. The van der Waals surface area contributed by atoms with E-state index in [1.165, 1.54) is 51.4 Å². The molecule has 164 valence electrons. The molecule has 0 radical (unpaired) electrons. The number of aliphatic hydroxyl groups excluding tert-OH is 2. The molecule has 6 atom stereocenters. The molecule has 0 saturated heterocycles. The van der Waals surface area contributed by atoms with Crippen LogP contribution >= 0.6 is 0 Å². The molecule has 0 aromatic carbocycles. The lowest BCUT2D eigenvalue weighted by molar-refractivity contribution is 0.0861. The van der Waals surface area contributed by atoms with Crippen LogP contribution in [0.2, 0.25) is 0 Å². The van der Waals surface area contributed by atoms with Crippen molar-refractivity contribution in [2.45, 2.75) is 104 Å². The summed E-state index contributed by atoms with van der Waals surface area (Å²) < 4.78 is 0. The topological polar surface area (TPSA) is 40.5 Å². The van der Waals surface area contributed by atoms with E-state index in [0.29, 0.717) is 24.2 Å². The Morgan fingerprint density at radius 1 is 1.14 bits per heavy atom. The largest absolute Gasteiger partial charge is 0.393 e. The molecule has 0 spiro atoms. The Kier molecular flexibility index (Phi) is 7.49. The minimum atomic E-state index is -0.595. The molecular weight excluding hydrogens is 356 g/mol. The molecule has 3 saturated carbocycles. The van der Waals surface area contributed by atoms with Crippen LogP contribution in [0.5, 0.6) is 0 Å². The molecule has 0 heterocycles. The van der Waals surface area contributed by atoms with Gasteiger partial charge in [-0.1, -0.05) is 71.3 Å². The number of aliphatic hydroxyl groups is 2. The minimum Gasteiger partial charge on any atom is -0.393 e. The van der Waals surface area contributed by atoms with Gasteiger partial charge < -0.3 is 10.2 Å². The van der Waals surface area contributed by atoms with Gasteiger partial charge in [-0.2, -0.15) is 0 Å². The predicted molar refractivity (Wildman–Crippen MR) is 123 cm³/mol. The molecule has 0 aliphatic heterocycles. The summed E-state index contributed by atoms with van der Waals surface area (Å²) in [7, 11) is 0. The lowest BCUT2D eigenvalue weighted by Crippen LogP contribution is -2.36. The number of fused-ring (bicyclic) bond motifs is 1. The van der Waals surface area contributed by atoms with Gasteiger partial charge in [0.1, 0.15) is 0 Å². The summed E-state index contributed by atoms with van der Waals surface area (Å²) in [6.07, 6.45) is 15.2. The fourth-order valence-corrected chi connectivity index (χ4v) is 6.73. The van der Waals surface area contributed by atoms with Crippen molar-refractivity contribution in [3.63, 3.8) is 0 Å². The molecule has 3 aliphatic rings. The lowest BCUT2D eigenvalue weighted by atomic mass is 9.60. The summed E-state index contributed by atoms with van der Waals surface area (Å²) in [5.74, 6) is 3.20. The fourth-order valence-electron chi connectivity index (χ4n) is 6.73. The van der Waals surface area contributed by atoms with E-state index in [4.69, 9.17) is 0 Å². The maximum atomic E-state index is 10.1. The van der Waals surface area contributed by atoms with Gasteiger partial charge in [-0.05, 0) is 78.8 Å². The Morgan fingerprint density at radius 2 is 1.90 bits per heavy atom. The molecular formula is C27H44O2. The van der Waals surface area contributed by atoms with E-state index in [-0.39, 0.29) is 0 Å². The van der Waals surface area contributed by atoms with Crippen molar-refractivity contribution in [1.29, 1.82) is 0 Å². The van der Waals surface area contributed by atoms with Crippen molar-refractivity contribution < 1.29 is 10.2 Å². The number of hydrogen-bond donors (Lipinski definition) is 2. The van der Waals surface area contributed by atoms with Crippen LogP contribution in [0.4, 0.5) is 0 Å². The lowest BCUT2D eigenvalue weighted by Gasteiger charge is -2.44. The van der Waals surface area contributed by atoms with E-state index in [2.05, 4.69) is 46.4 Å². The van der Waals surface area contributed by atoms with Gasteiger partial charge in [-0.3, -0.25) is 0 Å². The van der Waals surface area contributed by atoms with E-state index in [1.807, 2.05) is 0 Å². The summed E-state index contributed by atoms with van der Waals surface area (Å²) >= 11 is 0. The first-order valence-electron chi connectivity index (χ1n) is 12.2. The normalized spacial score (nSPS) is 39.3. The molecule has 3 rings (SSSR count). The van der Waals surface area contributed by atoms with Gasteiger partial charge >= 0.3 is 0 Å². The molecule has 0 amide bonds. The average Bonchev–Trinajstić information content (AvgIpc) is 3.00. The highest BCUT2D eigenvalue weighted by atomic mass is 16.3. The third-order valence-corrected chi connectivity index (χ3v) is 8.43. The van der Waals surface area contributed by atoms with E-state index >= 15 is 0 Å². The first-order valence-corrected chi connectivity index (χ1v) is 12.2. The third-order valence-electron chi connectivity index (χ3n) is 8.43. The maximum absolute atomic E-state index is 10.1. The summed E-state index contributed by atoms with van der Waals surface area (Å²) in [4.78, 5) is 0. The highest BCUT2D eigenvalue weighted by molar-refractivity contribution is 5.38. The second-order valence-electron chi connectivity index (χ2n) is 11.0. The zero-order chi connectivity index (χ0) is 21.2. The van der Waals surface area contributed by atoms with Crippen LogP contribution in [0.1, 0.15) is 91.9 Å². The van der Waals surface area contributed by atoms with Gasteiger partial charge in [0.25, 0.3) is 0 Å². The van der Waals surface area contributed by atoms with Gasteiger partial charge in [0, 0.05) is 6.42 Å². The van der Waals surface area contributed by atoms with E-state index in [0.717, 1.165) is 28.9 Å². The van der Waals surface area contributed by atoms with Gasteiger partial charge in [0.15, 0.2) is 0 Å².